The largest absolute Gasteiger partial charge is 0.491 e. The molecule has 0 aromatic heterocycles. The highest BCUT2D eigenvalue weighted by Crippen LogP contribution is 2.33. The molecule has 0 aliphatic carbocycles. The molecule has 2 atom stereocenters. The van der Waals surface area contributed by atoms with Crippen molar-refractivity contribution >= 4 is 32.3 Å². The molecule has 0 amide bonds. The molecule has 208 valence electrons. The first-order valence-corrected chi connectivity index (χ1v) is 14.5. The van der Waals surface area contributed by atoms with E-state index in [0.717, 1.165) is 76.3 Å². The zero-order valence-corrected chi connectivity index (χ0v) is 23.1. The summed E-state index contributed by atoms with van der Waals surface area (Å²) in [5.41, 5.74) is 1.30. The standard InChI is InChI=1S/C37H30O5/c1-2-25-4-9-33(18-28(25)15-24(1)16-32-13-14-38-32)41-35-11-6-27-7-12-36(21-30(27)20-35)42-34-10-5-26-3-8-31(17-29(26)19-34)39-22-37-23-40-37/h1-12,15,17-21,32,37H,13-14,16,22-23H2. The molecule has 42 heavy (non-hydrogen) atoms. The molecular weight excluding hydrogens is 524 g/mol. The van der Waals surface area contributed by atoms with Gasteiger partial charge >= 0.3 is 0 Å². The van der Waals surface area contributed by atoms with E-state index in [1.54, 1.807) is 0 Å². The fourth-order valence-corrected chi connectivity index (χ4v) is 5.48. The Morgan fingerprint density at radius 3 is 1.43 bits per heavy atom. The van der Waals surface area contributed by atoms with Gasteiger partial charge in [0.2, 0.25) is 0 Å². The number of benzene rings is 6. The molecule has 2 heterocycles. The molecule has 2 unspecified atom stereocenters. The summed E-state index contributed by atoms with van der Waals surface area (Å²) < 4.78 is 29.3. The van der Waals surface area contributed by atoms with E-state index in [1.807, 2.05) is 42.5 Å². The summed E-state index contributed by atoms with van der Waals surface area (Å²) in [6.07, 6.45) is 2.69. The first kappa shape index (κ1) is 25.2. The van der Waals surface area contributed by atoms with Gasteiger partial charge in [-0.15, -0.1) is 0 Å². The Morgan fingerprint density at radius 2 is 0.952 bits per heavy atom. The van der Waals surface area contributed by atoms with Crippen molar-refractivity contribution in [3.8, 4) is 28.7 Å². The molecule has 6 aromatic carbocycles. The fourth-order valence-electron chi connectivity index (χ4n) is 5.48. The quantitative estimate of drug-likeness (QED) is 0.167. The van der Waals surface area contributed by atoms with Crippen LogP contribution in [0.4, 0.5) is 0 Å². The van der Waals surface area contributed by atoms with Gasteiger partial charge in [-0.05, 0) is 111 Å². The molecular formula is C37H30O5. The van der Waals surface area contributed by atoms with Crippen LogP contribution in [0, 0.1) is 0 Å². The van der Waals surface area contributed by atoms with E-state index in [9.17, 15) is 0 Å². The Labute approximate surface area is 244 Å². The second-order valence-corrected chi connectivity index (χ2v) is 11.1. The van der Waals surface area contributed by atoms with Crippen LogP contribution in [0.5, 0.6) is 28.7 Å². The van der Waals surface area contributed by atoms with E-state index in [-0.39, 0.29) is 6.10 Å². The maximum atomic E-state index is 6.32. The lowest BCUT2D eigenvalue weighted by atomic mass is 10.00. The van der Waals surface area contributed by atoms with E-state index >= 15 is 0 Å². The summed E-state index contributed by atoms with van der Waals surface area (Å²) in [5, 5.41) is 6.74. The molecule has 2 fully saturated rings. The van der Waals surface area contributed by atoms with E-state index in [2.05, 4.69) is 66.7 Å². The summed E-state index contributed by atoms with van der Waals surface area (Å²) in [6.45, 7) is 2.25. The van der Waals surface area contributed by atoms with Crippen LogP contribution in [0.3, 0.4) is 0 Å². The first-order chi connectivity index (χ1) is 20.7. The SMILES string of the molecule is c1cc2ccc(Oc3ccc4ccc(Oc5ccc6ccc(OCC7CO7)cc6c5)cc4c3)cc2cc1CC1CCO1. The smallest absolute Gasteiger partial charge is 0.128 e. The van der Waals surface area contributed by atoms with Crippen molar-refractivity contribution in [3.63, 3.8) is 0 Å². The van der Waals surface area contributed by atoms with Crippen molar-refractivity contribution in [1.29, 1.82) is 0 Å². The molecule has 8 rings (SSSR count). The van der Waals surface area contributed by atoms with Crippen molar-refractivity contribution < 1.29 is 23.7 Å². The third-order valence-corrected chi connectivity index (χ3v) is 8.01. The molecule has 6 aromatic rings. The zero-order chi connectivity index (χ0) is 27.9. The third-order valence-electron chi connectivity index (χ3n) is 8.01. The molecule has 5 nitrogen and oxygen atoms in total. The number of rotatable bonds is 9. The Kier molecular flexibility index (Phi) is 6.39. The van der Waals surface area contributed by atoms with Gasteiger partial charge in [-0.2, -0.15) is 0 Å². The number of fused-ring (bicyclic) bond motifs is 3. The van der Waals surface area contributed by atoms with Crippen LogP contribution in [-0.2, 0) is 15.9 Å². The maximum Gasteiger partial charge on any atom is 0.128 e. The van der Waals surface area contributed by atoms with Gasteiger partial charge in [0.15, 0.2) is 0 Å². The summed E-state index contributed by atoms with van der Waals surface area (Å²) in [6, 6.07) is 37.4. The van der Waals surface area contributed by atoms with Crippen LogP contribution < -0.4 is 14.2 Å². The van der Waals surface area contributed by atoms with Crippen LogP contribution in [-0.4, -0.2) is 32.0 Å². The Bertz CT molecular complexity index is 1920. The van der Waals surface area contributed by atoms with E-state index in [0.29, 0.717) is 12.7 Å². The summed E-state index contributed by atoms with van der Waals surface area (Å²) in [5.74, 6) is 3.98. The lowest BCUT2D eigenvalue weighted by Crippen LogP contribution is -2.28. The lowest BCUT2D eigenvalue weighted by Gasteiger charge is -2.26. The maximum absolute atomic E-state index is 6.32. The minimum atomic E-state index is 0.229. The van der Waals surface area contributed by atoms with E-state index in [4.69, 9.17) is 23.7 Å². The van der Waals surface area contributed by atoms with Crippen LogP contribution in [0.2, 0.25) is 0 Å². The highest BCUT2D eigenvalue weighted by molar-refractivity contribution is 5.87. The van der Waals surface area contributed by atoms with Gasteiger partial charge in [0.25, 0.3) is 0 Å². The average molecular weight is 555 g/mol. The van der Waals surface area contributed by atoms with Crippen molar-refractivity contribution in [1.82, 2.24) is 0 Å². The molecule has 0 bridgehead atoms. The highest BCUT2D eigenvalue weighted by Gasteiger charge is 2.23. The van der Waals surface area contributed by atoms with E-state index < -0.39 is 0 Å². The molecule has 2 aliphatic heterocycles. The number of ether oxygens (including phenoxy) is 5. The zero-order valence-electron chi connectivity index (χ0n) is 23.1. The van der Waals surface area contributed by atoms with Gasteiger partial charge < -0.3 is 23.7 Å². The molecule has 5 heteroatoms. The average Bonchev–Trinajstić information content (AvgIpc) is 3.82. The van der Waals surface area contributed by atoms with Crippen LogP contribution in [0.1, 0.15) is 12.0 Å². The van der Waals surface area contributed by atoms with Crippen LogP contribution in [0.15, 0.2) is 109 Å². The van der Waals surface area contributed by atoms with Gasteiger partial charge in [-0.1, -0.05) is 48.5 Å². The fraction of sp³-hybridized carbons (Fsp3) is 0.189. The predicted molar refractivity (Wildman–Crippen MR) is 165 cm³/mol. The number of epoxide rings is 1. The minimum absolute atomic E-state index is 0.229. The van der Waals surface area contributed by atoms with Gasteiger partial charge in [0.1, 0.15) is 41.5 Å². The summed E-state index contributed by atoms with van der Waals surface area (Å²) >= 11 is 0. The van der Waals surface area contributed by atoms with Gasteiger partial charge in [-0.3, -0.25) is 0 Å². The highest BCUT2D eigenvalue weighted by atomic mass is 16.6. The van der Waals surface area contributed by atoms with Gasteiger partial charge in [0, 0.05) is 6.61 Å². The predicted octanol–water partition coefficient (Wildman–Crippen LogP) is 8.84. The molecule has 2 aliphatic rings. The van der Waals surface area contributed by atoms with Crippen molar-refractivity contribution in [2.45, 2.75) is 25.0 Å². The van der Waals surface area contributed by atoms with Gasteiger partial charge in [-0.25, -0.2) is 0 Å². The molecule has 0 spiro atoms. The van der Waals surface area contributed by atoms with Crippen molar-refractivity contribution in [3.05, 3.63) is 115 Å². The molecule has 0 radical (unpaired) electrons. The van der Waals surface area contributed by atoms with Crippen LogP contribution >= 0.6 is 0 Å². The number of hydrogen-bond acceptors (Lipinski definition) is 5. The third kappa shape index (κ3) is 5.49. The Balaban J connectivity index is 1.00. The van der Waals surface area contributed by atoms with Crippen LogP contribution in [0.25, 0.3) is 32.3 Å². The minimum Gasteiger partial charge on any atom is -0.491 e. The number of hydrogen-bond donors (Lipinski definition) is 0. The Morgan fingerprint density at radius 1 is 0.500 bits per heavy atom. The Hall–Kier alpha value is -4.58. The van der Waals surface area contributed by atoms with Crippen molar-refractivity contribution in [2.75, 3.05) is 19.8 Å². The normalized spacial score (nSPS) is 17.7. The second kappa shape index (κ2) is 10.7. The van der Waals surface area contributed by atoms with E-state index in [1.165, 1.54) is 16.3 Å². The topological polar surface area (TPSA) is 49.5 Å². The van der Waals surface area contributed by atoms with Gasteiger partial charge in [0.05, 0.1) is 12.7 Å². The first-order valence-electron chi connectivity index (χ1n) is 14.5. The monoisotopic (exact) mass is 554 g/mol. The molecule has 0 N–H and O–H groups in total. The molecule has 2 saturated heterocycles. The molecule has 0 saturated carbocycles. The lowest BCUT2D eigenvalue weighted by molar-refractivity contribution is -0.0491. The van der Waals surface area contributed by atoms with Crippen molar-refractivity contribution in [2.24, 2.45) is 0 Å². The summed E-state index contributed by atoms with van der Waals surface area (Å²) in [7, 11) is 0. The second-order valence-electron chi connectivity index (χ2n) is 11.1. The summed E-state index contributed by atoms with van der Waals surface area (Å²) in [4.78, 5) is 0.